The number of anilines is 1. The van der Waals surface area contributed by atoms with E-state index in [2.05, 4.69) is 10.3 Å². The number of hydrogen-bond acceptors (Lipinski definition) is 6. The monoisotopic (exact) mass is 472 g/mol. The molecule has 4 aromatic rings. The minimum Gasteiger partial charge on any atom is -0.493 e. The minimum absolute atomic E-state index is 0.341. The van der Waals surface area contributed by atoms with Gasteiger partial charge in [-0.15, -0.1) is 0 Å². The first-order chi connectivity index (χ1) is 15.4. The molecule has 0 saturated carbocycles. The van der Waals surface area contributed by atoms with E-state index in [4.69, 9.17) is 41.8 Å². The summed E-state index contributed by atoms with van der Waals surface area (Å²) < 4.78 is 21.7. The van der Waals surface area contributed by atoms with Crippen molar-refractivity contribution in [2.75, 3.05) is 26.6 Å². The minimum atomic E-state index is -0.354. The van der Waals surface area contributed by atoms with Crippen LogP contribution in [-0.4, -0.2) is 32.2 Å². The Hall–Kier alpha value is -3.42. The molecule has 0 aliphatic heterocycles. The third-order valence-electron chi connectivity index (χ3n) is 4.73. The van der Waals surface area contributed by atoms with Gasteiger partial charge in [0.1, 0.15) is 5.52 Å². The molecule has 7 nitrogen and oxygen atoms in total. The number of benzene rings is 3. The molecule has 1 amide bonds. The Morgan fingerprint density at radius 2 is 1.66 bits per heavy atom. The fourth-order valence-electron chi connectivity index (χ4n) is 3.20. The summed E-state index contributed by atoms with van der Waals surface area (Å²) in [5, 5.41) is 3.79. The van der Waals surface area contributed by atoms with E-state index in [1.54, 1.807) is 48.5 Å². The highest BCUT2D eigenvalue weighted by Crippen LogP contribution is 2.38. The molecule has 0 atom stereocenters. The number of methoxy groups -OCH3 is 3. The van der Waals surface area contributed by atoms with Crippen molar-refractivity contribution in [3.63, 3.8) is 0 Å². The lowest BCUT2D eigenvalue weighted by Gasteiger charge is -2.14. The molecule has 0 aliphatic carbocycles. The van der Waals surface area contributed by atoms with Gasteiger partial charge >= 0.3 is 0 Å². The van der Waals surface area contributed by atoms with E-state index in [1.165, 1.54) is 21.3 Å². The van der Waals surface area contributed by atoms with Crippen molar-refractivity contribution in [2.45, 2.75) is 0 Å². The van der Waals surface area contributed by atoms with E-state index in [0.717, 1.165) is 0 Å². The molecule has 0 radical (unpaired) electrons. The first-order valence-corrected chi connectivity index (χ1v) is 10.2. The fourth-order valence-corrected chi connectivity index (χ4v) is 3.69. The number of carbonyl (C=O) groups excluding carboxylic acids is 1. The van der Waals surface area contributed by atoms with Gasteiger partial charge in [-0.05, 0) is 48.5 Å². The molecule has 4 rings (SSSR count). The SMILES string of the molecule is COc1cc(C(=O)Nc2ccc3oc(-c4ccc(Cl)cc4Cl)nc3c2)cc(OC)c1OC. The number of carbonyl (C=O) groups is 1. The maximum absolute atomic E-state index is 12.9. The Labute approximate surface area is 193 Å². The number of ether oxygens (including phenoxy) is 3. The van der Waals surface area contributed by atoms with Gasteiger partial charge < -0.3 is 23.9 Å². The molecule has 164 valence electrons. The van der Waals surface area contributed by atoms with Crippen LogP contribution in [0.5, 0.6) is 17.2 Å². The second-order valence-electron chi connectivity index (χ2n) is 6.69. The van der Waals surface area contributed by atoms with Gasteiger partial charge in [-0.2, -0.15) is 0 Å². The number of hydrogen-bond donors (Lipinski definition) is 1. The van der Waals surface area contributed by atoms with Crippen LogP contribution < -0.4 is 19.5 Å². The molecule has 0 fully saturated rings. The number of halogens is 2. The van der Waals surface area contributed by atoms with E-state index in [9.17, 15) is 4.79 Å². The normalized spacial score (nSPS) is 10.8. The molecule has 0 saturated heterocycles. The molecule has 0 aliphatic rings. The van der Waals surface area contributed by atoms with E-state index < -0.39 is 0 Å². The van der Waals surface area contributed by atoms with Crippen molar-refractivity contribution in [3.8, 4) is 28.7 Å². The standard InChI is InChI=1S/C23H18Cl2N2O5/c1-29-19-8-12(9-20(30-2)21(19)31-3)22(28)26-14-5-7-18-17(11-14)27-23(32-18)15-6-4-13(24)10-16(15)25/h4-11H,1-3H3,(H,26,28). The molecule has 0 bridgehead atoms. The average molecular weight is 473 g/mol. The first kappa shape index (κ1) is 21.8. The van der Waals surface area contributed by atoms with Gasteiger partial charge in [-0.1, -0.05) is 23.2 Å². The second-order valence-corrected chi connectivity index (χ2v) is 7.54. The summed E-state index contributed by atoms with van der Waals surface area (Å²) in [5.74, 6) is 1.17. The van der Waals surface area contributed by atoms with Crippen molar-refractivity contribution in [3.05, 3.63) is 64.1 Å². The van der Waals surface area contributed by atoms with Crippen molar-refractivity contribution in [1.29, 1.82) is 0 Å². The Bertz CT molecular complexity index is 1290. The first-order valence-electron chi connectivity index (χ1n) is 9.41. The number of fused-ring (bicyclic) bond motifs is 1. The smallest absolute Gasteiger partial charge is 0.255 e. The molecular weight excluding hydrogens is 455 g/mol. The van der Waals surface area contributed by atoms with E-state index in [0.29, 0.717) is 61.1 Å². The van der Waals surface area contributed by atoms with Gasteiger partial charge in [-0.25, -0.2) is 4.98 Å². The number of nitrogens with zero attached hydrogens (tertiary/aromatic N) is 1. The van der Waals surface area contributed by atoms with Gasteiger partial charge in [0.05, 0.1) is 31.9 Å². The van der Waals surface area contributed by atoms with Gasteiger partial charge in [-0.3, -0.25) is 4.79 Å². The number of nitrogens with one attached hydrogen (secondary N) is 1. The van der Waals surface area contributed by atoms with E-state index in [-0.39, 0.29) is 5.91 Å². The zero-order chi connectivity index (χ0) is 22.8. The number of rotatable bonds is 6. The van der Waals surface area contributed by atoms with Gasteiger partial charge in [0.15, 0.2) is 17.1 Å². The molecule has 32 heavy (non-hydrogen) atoms. The topological polar surface area (TPSA) is 82.8 Å². The Morgan fingerprint density at radius 3 is 2.28 bits per heavy atom. The summed E-state index contributed by atoms with van der Waals surface area (Å²) in [6, 6.07) is 13.4. The summed E-state index contributed by atoms with van der Waals surface area (Å²) in [6.07, 6.45) is 0. The highest BCUT2D eigenvalue weighted by molar-refractivity contribution is 6.36. The lowest BCUT2D eigenvalue weighted by Crippen LogP contribution is -2.12. The molecule has 9 heteroatoms. The lowest BCUT2D eigenvalue weighted by molar-refractivity contribution is 0.102. The van der Waals surface area contributed by atoms with Crippen molar-refractivity contribution in [2.24, 2.45) is 0 Å². The van der Waals surface area contributed by atoms with Crippen LogP contribution in [0.15, 0.2) is 52.9 Å². The number of aromatic nitrogens is 1. The molecule has 3 aromatic carbocycles. The summed E-state index contributed by atoms with van der Waals surface area (Å²) in [5.41, 5.74) is 2.62. The lowest BCUT2D eigenvalue weighted by atomic mass is 10.1. The maximum atomic E-state index is 12.9. The maximum Gasteiger partial charge on any atom is 0.255 e. The average Bonchev–Trinajstić information content (AvgIpc) is 3.20. The van der Waals surface area contributed by atoms with Crippen LogP contribution in [-0.2, 0) is 0 Å². The zero-order valence-corrected chi connectivity index (χ0v) is 18.9. The van der Waals surface area contributed by atoms with Gasteiger partial charge in [0.25, 0.3) is 5.91 Å². The fraction of sp³-hybridized carbons (Fsp3) is 0.130. The quantitative estimate of drug-likeness (QED) is 0.366. The van der Waals surface area contributed by atoms with Gasteiger partial charge in [0, 0.05) is 16.3 Å². The van der Waals surface area contributed by atoms with Crippen LogP contribution >= 0.6 is 23.2 Å². The third-order valence-corrected chi connectivity index (χ3v) is 5.28. The van der Waals surface area contributed by atoms with Crippen LogP contribution in [0.1, 0.15) is 10.4 Å². The summed E-state index contributed by atoms with van der Waals surface area (Å²) in [7, 11) is 4.47. The predicted molar refractivity (Wildman–Crippen MR) is 124 cm³/mol. The van der Waals surface area contributed by atoms with Crippen LogP contribution in [0.25, 0.3) is 22.6 Å². The zero-order valence-electron chi connectivity index (χ0n) is 17.4. The molecule has 1 heterocycles. The van der Waals surface area contributed by atoms with Crippen molar-refractivity contribution >= 4 is 45.9 Å². The van der Waals surface area contributed by atoms with Crippen LogP contribution in [0.3, 0.4) is 0 Å². The summed E-state index contributed by atoms with van der Waals surface area (Å²) in [6.45, 7) is 0. The molecule has 1 N–H and O–H groups in total. The van der Waals surface area contributed by atoms with Crippen molar-refractivity contribution in [1.82, 2.24) is 4.98 Å². The van der Waals surface area contributed by atoms with Crippen molar-refractivity contribution < 1.29 is 23.4 Å². The Balaban J connectivity index is 1.63. The highest BCUT2D eigenvalue weighted by atomic mass is 35.5. The van der Waals surface area contributed by atoms with Gasteiger partial charge in [0.2, 0.25) is 11.6 Å². The predicted octanol–water partition coefficient (Wildman–Crippen LogP) is 6.08. The Morgan fingerprint density at radius 1 is 0.938 bits per heavy atom. The third kappa shape index (κ3) is 4.17. The molecule has 0 unspecified atom stereocenters. The molecule has 1 aromatic heterocycles. The Kier molecular flexibility index (Phi) is 6.12. The molecule has 0 spiro atoms. The molecular formula is C23H18Cl2N2O5. The summed E-state index contributed by atoms with van der Waals surface area (Å²) in [4.78, 5) is 17.3. The largest absolute Gasteiger partial charge is 0.493 e. The van der Waals surface area contributed by atoms with E-state index in [1.807, 2.05) is 0 Å². The van der Waals surface area contributed by atoms with Crippen LogP contribution in [0.2, 0.25) is 10.0 Å². The highest BCUT2D eigenvalue weighted by Gasteiger charge is 2.18. The van der Waals surface area contributed by atoms with E-state index >= 15 is 0 Å². The second kappa shape index (κ2) is 8.98. The number of oxazole rings is 1. The van der Waals surface area contributed by atoms with Crippen LogP contribution in [0, 0.1) is 0 Å². The van der Waals surface area contributed by atoms with Crippen LogP contribution in [0.4, 0.5) is 5.69 Å². The summed E-state index contributed by atoms with van der Waals surface area (Å²) >= 11 is 12.2. The number of amides is 1.